The van der Waals surface area contributed by atoms with E-state index in [4.69, 9.17) is 0 Å². The van der Waals surface area contributed by atoms with E-state index in [1.165, 1.54) is 27.1 Å². The van der Waals surface area contributed by atoms with E-state index < -0.39 is 0 Å². The van der Waals surface area contributed by atoms with E-state index >= 15 is 0 Å². The van der Waals surface area contributed by atoms with Crippen LogP contribution in [0.2, 0.25) is 0 Å². The summed E-state index contributed by atoms with van der Waals surface area (Å²) < 4.78 is 1.46. The lowest BCUT2D eigenvalue weighted by atomic mass is 10.2. The van der Waals surface area contributed by atoms with Gasteiger partial charge in [-0.05, 0) is 23.6 Å². The molecule has 8 nitrogen and oxygen atoms in total. The first-order valence-corrected chi connectivity index (χ1v) is 10.0. The fourth-order valence-corrected chi connectivity index (χ4v) is 3.75. The smallest absolute Gasteiger partial charge is 0.256 e. The normalized spacial score (nSPS) is 14.1. The highest BCUT2D eigenvalue weighted by Gasteiger charge is 2.28. The van der Waals surface area contributed by atoms with Crippen LogP contribution in [0.15, 0.2) is 59.6 Å². The van der Waals surface area contributed by atoms with Crippen LogP contribution in [0.4, 0.5) is 11.4 Å². The van der Waals surface area contributed by atoms with Crippen molar-refractivity contribution in [1.82, 2.24) is 14.7 Å². The van der Waals surface area contributed by atoms with Crippen molar-refractivity contribution in [2.75, 3.05) is 29.9 Å². The van der Waals surface area contributed by atoms with Crippen molar-refractivity contribution >= 4 is 40.4 Å². The van der Waals surface area contributed by atoms with E-state index in [9.17, 15) is 14.4 Å². The van der Waals surface area contributed by atoms with Gasteiger partial charge < -0.3 is 15.1 Å². The average molecular weight is 409 g/mol. The summed E-state index contributed by atoms with van der Waals surface area (Å²) >= 11 is 1.44. The molecule has 0 spiro atoms. The molecular weight excluding hydrogens is 390 g/mol. The van der Waals surface area contributed by atoms with E-state index in [1.807, 2.05) is 35.7 Å². The van der Waals surface area contributed by atoms with Gasteiger partial charge in [0.15, 0.2) is 0 Å². The zero-order chi connectivity index (χ0) is 20.2. The number of amides is 3. The molecule has 29 heavy (non-hydrogen) atoms. The Hall–Kier alpha value is -3.46. The maximum Gasteiger partial charge on any atom is 0.256 e. The molecule has 2 aromatic heterocycles. The van der Waals surface area contributed by atoms with Crippen LogP contribution in [-0.2, 0) is 16.1 Å². The quantitative estimate of drug-likeness (QED) is 0.699. The van der Waals surface area contributed by atoms with Crippen molar-refractivity contribution in [2.24, 2.45) is 0 Å². The maximum absolute atomic E-state index is 12.6. The van der Waals surface area contributed by atoms with Gasteiger partial charge in [-0.25, -0.2) is 0 Å². The van der Waals surface area contributed by atoms with Gasteiger partial charge in [-0.1, -0.05) is 18.2 Å². The molecule has 1 N–H and O–H groups in total. The lowest BCUT2D eigenvalue weighted by Gasteiger charge is -2.34. The number of nitrogens with zero attached hydrogens (tertiary/aromatic N) is 4. The lowest BCUT2D eigenvalue weighted by Crippen LogP contribution is -2.53. The molecule has 0 aliphatic carbocycles. The summed E-state index contributed by atoms with van der Waals surface area (Å²) in [6.07, 6.45) is 3.10. The third-order valence-electron chi connectivity index (χ3n) is 4.61. The first-order valence-electron chi connectivity index (χ1n) is 9.09. The van der Waals surface area contributed by atoms with Crippen LogP contribution in [0.5, 0.6) is 0 Å². The molecule has 3 heterocycles. The first kappa shape index (κ1) is 18.9. The van der Waals surface area contributed by atoms with Crippen LogP contribution < -0.4 is 10.2 Å². The van der Waals surface area contributed by atoms with Crippen LogP contribution in [0, 0.1) is 0 Å². The maximum atomic E-state index is 12.6. The van der Waals surface area contributed by atoms with E-state index in [2.05, 4.69) is 10.4 Å². The number of benzene rings is 1. The molecule has 9 heteroatoms. The number of rotatable bonds is 5. The Morgan fingerprint density at radius 3 is 2.69 bits per heavy atom. The summed E-state index contributed by atoms with van der Waals surface area (Å²) in [6.45, 7) is 0.960. The van der Waals surface area contributed by atoms with E-state index in [0.29, 0.717) is 24.3 Å². The summed E-state index contributed by atoms with van der Waals surface area (Å²) in [5, 5.41) is 10.5. The summed E-state index contributed by atoms with van der Waals surface area (Å²) in [4.78, 5) is 40.3. The SMILES string of the molecule is O=C(Nc1cnn(CC(=O)N2CCN(c3ccccc3)C(=O)C2)c1)c1ccsc1. The standard InChI is InChI=1S/C20H19N5O3S/c26-18(23-7-8-25(19(27)12-23)17-4-2-1-3-5-17)13-24-11-16(10-21-24)22-20(28)15-6-9-29-14-15/h1-6,9-11,14H,7-8,12-13H2,(H,22,28). The molecule has 0 radical (unpaired) electrons. The summed E-state index contributed by atoms with van der Waals surface area (Å²) in [5.74, 6) is -0.524. The molecule has 4 rings (SSSR count). The zero-order valence-electron chi connectivity index (χ0n) is 15.5. The number of hydrogen-bond acceptors (Lipinski definition) is 5. The third-order valence-corrected chi connectivity index (χ3v) is 5.30. The molecule has 0 unspecified atom stereocenters. The Labute approximate surface area is 171 Å². The number of hydrogen-bond donors (Lipinski definition) is 1. The first-order chi connectivity index (χ1) is 14.1. The van der Waals surface area contributed by atoms with Gasteiger partial charge in [0.2, 0.25) is 11.8 Å². The van der Waals surface area contributed by atoms with Gasteiger partial charge in [-0.2, -0.15) is 16.4 Å². The molecule has 0 atom stereocenters. The minimum atomic E-state index is -0.222. The number of nitrogens with one attached hydrogen (secondary N) is 1. The average Bonchev–Trinajstić information content (AvgIpc) is 3.41. The predicted molar refractivity (Wildman–Crippen MR) is 110 cm³/mol. The largest absolute Gasteiger partial charge is 0.330 e. The second-order valence-electron chi connectivity index (χ2n) is 6.59. The predicted octanol–water partition coefficient (Wildman–Crippen LogP) is 2.07. The van der Waals surface area contributed by atoms with Gasteiger partial charge >= 0.3 is 0 Å². The number of piperazine rings is 1. The van der Waals surface area contributed by atoms with Crippen molar-refractivity contribution in [3.63, 3.8) is 0 Å². The van der Waals surface area contributed by atoms with Gasteiger partial charge in [0, 0.05) is 30.4 Å². The van der Waals surface area contributed by atoms with Gasteiger partial charge in [0.05, 0.1) is 17.4 Å². The molecule has 0 saturated carbocycles. The lowest BCUT2D eigenvalue weighted by molar-refractivity contribution is -0.137. The highest BCUT2D eigenvalue weighted by Crippen LogP contribution is 2.17. The molecule has 3 aromatic rings. The van der Waals surface area contributed by atoms with Crippen LogP contribution in [0.25, 0.3) is 0 Å². The molecular formula is C20H19N5O3S. The molecule has 3 amide bonds. The Kier molecular flexibility index (Phi) is 5.39. The molecule has 0 bridgehead atoms. The number of para-hydroxylation sites is 1. The fourth-order valence-electron chi connectivity index (χ4n) is 3.12. The van der Waals surface area contributed by atoms with Crippen LogP contribution in [0.1, 0.15) is 10.4 Å². The van der Waals surface area contributed by atoms with E-state index in [0.717, 1.165) is 5.69 Å². The Bertz CT molecular complexity index is 1020. The molecule has 1 aliphatic heterocycles. The third kappa shape index (κ3) is 4.35. The zero-order valence-corrected chi connectivity index (χ0v) is 16.3. The monoisotopic (exact) mass is 409 g/mol. The minimum Gasteiger partial charge on any atom is -0.330 e. The molecule has 1 aromatic carbocycles. The second kappa shape index (κ2) is 8.27. The minimum absolute atomic E-state index is 0.00688. The topological polar surface area (TPSA) is 87.5 Å². The number of aromatic nitrogens is 2. The highest BCUT2D eigenvalue weighted by molar-refractivity contribution is 7.08. The Morgan fingerprint density at radius 2 is 1.97 bits per heavy atom. The van der Waals surface area contributed by atoms with Crippen molar-refractivity contribution in [2.45, 2.75) is 6.54 Å². The Morgan fingerprint density at radius 1 is 1.14 bits per heavy atom. The second-order valence-corrected chi connectivity index (χ2v) is 7.37. The van der Waals surface area contributed by atoms with Crippen LogP contribution in [0.3, 0.4) is 0 Å². The number of carbonyl (C=O) groups is 3. The number of anilines is 2. The summed E-state index contributed by atoms with van der Waals surface area (Å²) in [6, 6.07) is 11.2. The van der Waals surface area contributed by atoms with Gasteiger partial charge in [0.1, 0.15) is 13.1 Å². The van der Waals surface area contributed by atoms with E-state index in [-0.39, 0.29) is 30.8 Å². The van der Waals surface area contributed by atoms with Crippen molar-refractivity contribution in [3.05, 3.63) is 65.1 Å². The molecule has 148 valence electrons. The summed E-state index contributed by atoms with van der Waals surface area (Å²) in [5.41, 5.74) is 1.93. The van der Waals surface area contributed by atoms with Crippen molar-refractivity contribution in [1.29, 1.82) is 0 Å². The van der Waals surface area contributed by atoms with Gasteiger partial charge in [-0.3, -0.25) is 19.1 Å². The van der Waals surface area contributed by atoms with Gasteiger partial charge in [-0.15, -0.1) is 0 Å². The highest BCUT2D eigenvalue weighted by atomic mass is 32.1. The summed E-state index contributed by atoms with van der Waals surface area (Å²) in [7, 11) is 0. The van der Waals surface area contributed by atoms with Crippen molar-refractivity contribution in [3.8, 4) is 0 Å². The van der Waals surface area contributed by atoms with Gasteiger partial charge in [0.25, 0.3) is 5.91 Å². The number of thiophene rings is 1. The van der Waals surface area contributed by atoms with Crippen LogP contribution >= 0.6 is 11.3 Å². The Balaban J connectivity index is 1.33. The van der Waals surface area contributed by atoms with Crippen LogP contribution in [-0.4, -0.2) is 52.0 Å². The fraction of sp³-hybridized carbons (Fsp3) is 0.200. The van der Waals surface area contributed by atoms with E-state index in [1.54, 1.807) is 22.5 Å². The molecule has 1 aliphatic rings. The van der Waals surface area contributed by atoms with Crippen molar-refractivity contribution < 1.29 is 14.4 Å². The number of carbonyl (C=O) groups excluding carboxylic acids is 3. The molecule has 1 fully saturated rings. The molecule has 1 saturated heterocycles.